The first kappa shape index (κ1) is 19.0. The molecule has 4 rings (SSSR count). The quantitative estimate of drug-likeness (QED) is 0.507. The van der Waals surface area contributed by atoms with Crippen molar-refractivity contribution >= 4 is 17.7 Å². The molecule has 0 fully saturated rings. The smallest absolute Gasteiger partial charge is 0.338 e. The third kappa shape index (κ3) is 4.07. The van der Waals surface area contributed by atoms with Crippen LogP contribution in [0.4, 0.5) is 5.82 Å². The molecule has 8 nitrogen and oxygen atoms in total. The lowest BCUT2D eigenvalue weighted by Gasteiger charge is -2.09. The molecule has 148 valence electrons. The van der Waals surface area contributed by atoms with E-state index >= 15 is 0 Å². The Morgan fingerprint density at radius 2 is 1.77 bits per heavy atom. The van der Waals surface area contributed by atoms with Gasteiger partial charge in [0.05, 0.1) is 24.6 Å². The van der Waals surface area contributed by atoms with Crippen molar-refractivity contribution in [2.75, 3.05) is 12.4 Å². The summed E-state index contributed by atoms with van der Waals surface area (Å²) in [6, 6.07) is 15.9. The summed E-state index contributed by atoms with van der Waals surface area (Å²) in [7, 11) is 1.29. The summed E-state index contributed by atoms with van der Waals surface area (Å²) in [5.74, 6) is -0.853. The number of ether oxygens (including phenoxy) is 1. The van der Waals surface area contributed by atoms with Gasteiger partial charge in [0.15, 0.2) is 0 Å². The van der Waals surface area contributed by atoms with Crippen molar-refractivity contribution in [2.45, 2.75) is 0 Å². The van der Waals surface area contributed by atoms with Crippen LogP contribution in [0, 0.1) is 0 Å². The summed E-state index contributed by atoms with van der Waals surface area (Å²) in [6.45, 7) is 0. The molecule has 0 saturated carbocycles. The van der Waals surface area contributed by atoms with Gasteiger partial charge in [-0.3, -0.25) is 9.78 Å². The van der Waals surface area contributed by atoms with Crippen LogP contribution in [0.15, 0.2) is 77.7 Å². The highest BCUT2D eigenvalue weighted by molar-refractivity contribution is 6.02. The van der Waals surface area contributed by atoms with Crippen molar-refractivity contribution in [3.63, 3.8) is 0 Å². The normalized spacial score (nSPS) is 10.4. The van der Waals surface area contributed by atoms with Crippen LogP contribution < -0.4 is 5.32 Å². The molecule has 1 aromatic carbocycles. The molecule has 1 N–H and O–H groups in total. The highest BCUT2D eigenvalue weighted by atomic mass is 16.5. The van der Waals surface area contributed by atoms with E-state index in [2.05, 4.69) is 20.4 Å². The summed E-state index contributed by atoms with van der Waals surface area (Å²) in [5, 5.41) is 6.12. The van der Waals surface area contributed by atoms with Gasteiger partial charge >= 0.3 is 5.97 Å². The van der Waals surface area contributed by atoms with E-state index in [4.69, 9.17) is 9.26 Å². The maximum Gasteiger partial charge on any atom is 0.338 e. The van der Waals surface area contributed by atoms with Gasteiger partial charge in [-0.25, -0.2) is 9.78 Å². The topological polar surface area (TPSA) is 107 Å². The first-order valence-corrected chi connectivity index (χ1v) is 8.97. The number of esters is 1. The Morgan fingerprint density at radius 3 is 2.43 bits per heavy atom. The molecule has 0 aliphatic carbocycles. The number of methoxy groups -OCH3 is 1. The number of hydrogen-bond acceptors (Lipinski definition) is 7. The van der Waals surface area contributed by atoms with Crippen LogP contribution >= 0.6 is 0 Å². The minimum absolute atomic E-state index is 0.0302. The lowest BCUT2D eigenvalue weighted by Crippen LogP contribution is -2.13. The summed E-state index contributed by atoms with van der Waals surface area (Å²) in [4.78, 5) is 33.0. The van der Waals surface area contributed by atoms with Crippen molar-refractivity contribution in [1.29, 1.82) is 0 Å². The number of carbonyl (C=O) groups excluding carboxylic acids is 2. The average Bonchev–Trinajstić information content (AvgIpc) is 3.34. The molecular formula is C22H16N4O4. The minimum atomic E-state index is -0.541. The summed E-state index contributed by atoms with van der Waals surface area (Å²) in [6.07, 6.45) is 4.86. The molecule has 0 aliphatic rings. The first-order valence-electron chi connectivity index (χ1n) is 8.97. The summed E-state index contributed by atoms with van der Waals surface area (Å²) in [5.41, 5.74) is 3.51. The van der Waals surface area contributed by atoms with Crippen molar-refractivity contribution < 1.29 is 18.8 Å². The molecule has 4 aromatic rings. The Kier molecular flexibility index (Phi) is 5.29. The predicted molar refractivity (Wildman–Crippen MR) is 109 cm³/mol. The third-order valence-electron chi connectivity index (χ3n) is 4.33. The monoisotopic (exact) mass is 400 g/mol. The lowest BCUT2D eigenvalue weighted by atomic mass is 10.0. The van der Waals surface area contributed by atoms with Gasteiger partial charge in [0.1, 0.15) is 5.82 Å². The third-order valence-corrected chi connectivity index (χ3v) is 4.33. The molecule has 0 spiro atoms. The van der Waals surface area contributed by atoms with Crippen LogP contribution in [0.1, 0.15) is 20.9 Å². The maximum absolute atomic E-state index is 12.3. The highest BCUT2D eigenvalue weighted by Crippen LogP contribution is 2.26. The fraction of sp³-hybridized carbons (Fsp3) is 0.0455. The fourth-order valence-corrected chi connectivity index (χ4v) is 2.86. The largest absolute Gasteiger partial charge is 0.465 e. The zero-order valence-corrected chi connectivity index (χ0v) is 15.9. The van der Waals surface area contributed by atoms with E-state index in [1.54, 1.807) is 18.5 Å². The highest BCUT2D eigenvalue weighted by Gasteiger charge is 2.15. The SMILES string of the molecule is COC(=O)c1cc(NC(=O)c2ccno2)nc(-c2ccc(-c3cccnc3)cc2)c1. The molecular weight excluding hydrogens is 384 g/mol. The van der Waals surface area contributed by atoms with E-state index in [0.717, 1.165) is 16.7 Å². The van der Waals surface area contributed by atoms with E-state index in [0.29, 0.717) is 5.69 Å². The number of nitrogens with zero attached hydrogens (tertiary/aromatic N) is 3. The van der Waals surface area contributed by atoms with Crippen LogP contribution in [0.2, 0.25) is 0 Å². The van der Waals surface area contributed by atoms with Gasteiger partial charge in [-0.2, -0.15) is 0 Å². The summed E-state index contributed by atoms with van der Waals surface area (Å²) >= 11 is 0. The lowest BCUT2D eigenvalue weighted by molar-refractivity contribution is 0.0600. The zero-order valence-electron chi connectivity index (χ0n) is 15.9. The standard InChI is InChI=1S/C22H16N4O4/c1-29-22(28)17-11-18(25-20(12-17)26-21(27)19-8-10-24-30-19)15-6-4-14(5-7-15)16-3-2-9-23-13-16/h2-13H,1H3,(H,25,26,27). The van der Waals surface area contributed by atoms with Crippen LogP contribution in [-0.2, 0) is 4.74 Å². The van der Waals surface area contributed by atoms with Gasteiger partial charge in [-0.15, -0.1) is 0 Å². The van der Waals surface area contributed by atoms with E-state index in [1.165, 1.54) is 25.4 Å². The molecule has 0 aliphatic heterocycles. The van der Waals surface area contributed by atoms with Gasteiger partial charge < -0.3 is 14.6 Å². The molecule has 0 saturated heterocycles. The van der Waals surface area contributed by atoms with Gasteiger partial charge in [-0.05, 0) is 29.3 Å². The van der Waals surface area contributed by atoms with Gasteiger partial charge in [0, 0.05) is 24.0 Å². The molecule has 1 amide bonds. The van der Waals surface area contributed by atoms with Crippen molar-refractivity contribution in [3.8, 4) is 22.4 Å². The molecule has 0 radical (unpaired) electrons. The second-order valence-corrected chi connectivity index (χ2v) is 6.27. The number of nitrogens with one attached hydrogen (secondary N) is 1. The zero-order chi connectivity index (χ0) is 20.9. The van der Waals surface area contributed by atoms with Crippen molar-refractivity contribution in [1.82, 2.24) is 15.1 Å². The van der Waals surface area contributed by atoms with Crippen LogP contribution in [0.3, 0.4) is 0 Å². The number of aromatic nitrogens is 3. The molecule has 0 bridgehead atoms. The molecule has 0 atom stereocenters. The van der Waals surface area contributed by atoms with Gasteiger partial charge in [-0.1, -0.05) is 35.5 Å². The predicted octanol–water partition coefficient (Wildman–Crippen LogP) is 3.84. The Hall–Kier alpha value is -4.33. The minimum Gasteiger partial charge on any atom is -0.465 e. The number of carbonyl (C=O) groups is 2. The van der Waals surface area contributed by atoms with Crippen molar-refractivity contribution in [3.05, 3.63) is 84.5 Å². The Labute approximate surface area is 171 Å². The number of benzene rings is 1. The number of anilines is 1. The molecule has 3 heterocycles. The van der Waals surface area contributed by atoms with Gasteiger partial charge in [0.2, 0.25) is 5.76 Å². The Bertz CT molecular complexity index is 1170. The Balaban J connectivity index is 1.68. The fourth-order valence-electron chi connectivity index (χ4n) is 2.86. The first-order chi connectivity index (χ1) is 14.6. The van der Waals surface area contributed by atoms with Gasteiger partial charge in [0.25, 0.3) is 5.91 Å². The molecule has 30 heavy (non-hydrogen) atoms. The van der Waals surface area contributed by atoms with Crippen LogP contribution in [0.5, 0.6) is 0 Å². The molecule has 0 unspecified atom stereocenters. The van der Waals surface area contributed by atoms with E-state index in [9.17, 15) is 9.59 Å². The average molecular weight is 400 g/mol. The molecule has 3 aromatic heterocycles. The number of amides is 1. The Morgan fingerprint density at radius 1 is 0.967 bits per heavy atom. The number of hydrogen-bond donors (Lipinski definition) is 1. The number of rotatable bonds is 5. The second-order valence-electron chi connectivity index (χ2n) is 6.27. The second kappa shape index (κ2) is 8.36. The van der Waals surface area contributed by atoms with Crippen LogP contribution in [-0.4, -0.2) is 34.1 Å². The maximum atomic E-state index is 12.3. The van der Waals surface area contributed by atoms with E-state index in [-0.39, 0.29) is 17.1 Å². The number of pyridine rings is 2. The van der Waals surface area contributed by atoms with E-state index in [1.807, 2.05) is 36.4 Å². The summed E-state index contributed by atoms with van der Waals surface area (Å²) < 4.78 is 9.67. The van der Waals surface area contributed by atoms with Crippen molar-refractivity contribution in [2.24, 2.45) is 0 Å². The van der Waals surface area contributed by atoms with Crippen LogP contribution in [0.25, 0.3) is 22.4 Å². The van der Waals surface area contributed by atoms with E-state index < -0.39 is 11.9 Å². The molecule has 8 heteroatoms.